The Labute approximate surface area is 196 Å². The van der Waals surface area contributed by atoms with Crippen LogP contribution < -0.4 is 5.32 Å². The molecule has 0 spiro atoms. The van der Waals surface area contributed by atoms with Crippen LogP contribution in [0, 0.1) is 0 Å². The Hall–Kier alpha value is -2.93. The smallest absolute Gasteiger partial charge is 0.282 e. The third-order valence-electron chi connectivity index (χ3n) is 5.02. The topological polar surface area (TPSA) is 75.6 Å². The maximum absolute atomic E-state index is 13.1. The molecular formula is C24H18Cl2N2O3S. The van der Waals surface area contributed by atoms with Gasteiger partial charge in [-0.15, -0.1) is 0 Å². The van der Waals surface area contributed by atoms with Crippen LogP contribution in [0.25, 0.3) is 0 Å². The number of sulfonamides is 1. The summed E-state index contributed by atoms with van der Waals surface area (Å²) < 4.78 is 30.1. The molecule has 0 unspecified atom stereocenters. The number of fused-ring (bicyclic) bond motifs is 1. The molecule has 0 amide bonds. The van der Waals surface area contributed by atoms with E-state index in [9.17, 15) is 13.2 Å². The number of ketones is 1. The fraction of sp³-hybridized carbons (Fsp3) is 0.0833. The van der Waals surface area contributed by atoms with E-state index in [0.717, 1.165) is 12.0 Å². The highest BCUT2D eigenvalue weighted by atomic mass is 35.5. The van der Waals surface area contributed by atoms with E-state index in [-0.39, 0.29) is 22.1 Å². The monoisotopic (exact) mass is 484 g/mol. The summed E-state index contributed by atoms with van der Waals surface area (Å²) in [6.45, 7) is 1.99. The first-order valence-electron chi connectivity index (χ1n) is 9.80. The molecule has 162 valence electrons. The number of hydrogen-bond acceptors (Lipinski definition) is 4. The number of anilines is 1. The van der Waals surface area contributed by atoms with Crippen molar-refractivity contribution >= 4 is 50.4 Å². The Morgan fingerprint density at radius 2 is 1.62 bits per heavy atom. The number of benzene rings is 3. The lowest BCUT2D eigenvalue weighted by Gasteiger charge is -2.19. The number of Topliss-reactive ketones (excluding diaryl/α,β-unsaturated/α-hetero) is 1. The van der Waals surface area contributed by atoms with E-state index in [4.69, 9.17) is 23.2 Å². The second-order valence-corrected chi connectivity index (χ2v) is 9.58. The van der Waals surface area contributed by atoms with Gasteiger partial charge in [-0.2, -0.15) is 12.8 Å². The van der Waals surface area contributed by atoms with Gasteiger partial charge in [-0.3, -0.25) is 4.79 Å². The molecular weight excluding hydrogens is 467 g/mol. The molecule has 3 aromatic carbocycles. The first-order valence-corrected chi connectivity index (χ1v) is 12.0. The SMILES string of the molecule is CCc1ccc(S(=O)(=O)/N=C2/C=C(Nc3cc(Cl)ccc3Cl)C(=O)c3ccccc32)cc1. The van der Waals surface area contributed by atoms with Gasteiger partial charge in [-0.05, 0) is 48.4 Å². The first kappa shape index (κ1) is 22.3. The van der Waals surface area contributed by atoms with Gasteiger partial charge < -0.3 is 5.32 Å². The summed E-state index contributed by atoms with van der Waals surface area (Å²) in [5.41, 5.74) is 2.52. The van der Waals surface area contributed by atoms with Crippen LogP contribution in [0.1, 0.15) is 28.4 Å². The number of allylic oxidation sites excluding steroid dienone is 2. The molecule has 1 aliphatic rings. The maximum atomic E-state index is 13.1. The summed E-state index contributed by atoms with van der Waals surface area (Å²) in [4.78, 5) is 13.1. The van der Waals surface area contributed by atoms with Gasteiger partial charge in [0.1, 0.15) is 0 Å². The third kappa shape index (κ3) is 4.48. The van der Waals surface area contributed by atoms with Crippen LogP contribution >= 0.6 is 23.2 Å². The van der Waals surface area contributed by atoms with Crippen molar-refractivity contribution in [2.24, 2.45) is 4.40 Å². The number of nitrogens with zero attached hydrogens (tertiary/aromatic N) is 1. The molecule has 0 heterocycles. The average Bonchev–Trinajstić information content (AvgIpc) is 2.79. The molecule has 1 N–H and O–H groups in total. The molecule has 1 aliphatic carbocycles. The van der Waals surface area contributed by atoms with E-state index < -0.39 is 10.0 Å². The maximum Gasteiger partial charge on any atom is 0.282 e. The number of aryl methyl sites for hydroxylation is 1. The minimum atomic E-state index is -4.00. The predicted molar refractivity (Wildman–Crippen MR) is 128 cm³/mol. The standard InChI is InChI=1S/C24H18Cl2N2O3S/c1-2-15-7-10-17(11-8-15)32(30,31)28-21-14-23(24(29)19-6-4-3-5-18(19)21)27-22-13-16(25)9-12-20(22)26/h3-14,27H,2H2,1H3/b28-21-. The molecule has 3 aromatic rings. The van der Waals surface area contributed by atoms with E-state index in [1.807, 2.05) is 6.92 Å². The molecule has 5 nitrogen and oxygen atoms in total. The Bertz CT molecular complexity index is 1380. The van der Waals surface area contributed by atoms with Gasteiger partial charge in [-0.25, -0.2) is 0 Å². The Morgan fingerprint density at radius 3 is 2.31 bits per heavy atom. The molecule has 0 saturated heterocycles. The summed E-state index contributed by atoms with van der Waals surface area (Å²) in [6, 6.07) is 18.1. The second-order valence-electron chi connectivity index (χ2n) is 7.13. The number of halogens is 2. The van der Waals surface area contributed by atoms with Crippen molar-refractivity contribution in [1.29, 1.82) is 0 Å². The summed E-state index contributed by atoms with van der Waals surface area (Å²) in [5.74, 6) is -0.305. The average molecular weight is 485 g/mol. The first-order chi connectivity index (χ1) is 15.3. The van der Waals surface area contributed by atoms with Crippen molar-refractivity contribution in [3.05, 3.63) is 105 Å². The number of rotatable bonds is 5. The number of carbonyl (C=O) groups excluding carboxylic acids is 1. The number of nitrogens with one attached hydrogen (secondary N) is 1. The molecule has 0 aliphatic heterocycles. The molecule has 0 bridgehead atoms. The van der Waals surface area contributed by atoms with Crippen molar-refractivity contribution in [3.63, 3.8) is 0 Å². The van der Waals surface area contributed by atoms with Crippen LogP contribution in [0.4, 0.5) is 5.69 Å². The molecule has 32 heavy (non-hydrogen) atoms. The molecule has 0 aromatic heterocycles. The fourth-order valence-electron chi connectivity index (χ4n) is 3.32. The molecule has 0 fully saturated rings. The summed E-state index contributed by atoms with van der Waals surface area (Å²) >= 11 is 12.3. The highest BCUT2D eigenvalue weighted by Gasteiger charge is 2.26. The van der Waals surface area contributed by atoms with Crippen LogP contribution in [0.3, 0.4) is 0 Å². The van der Waals surface area contributed by atoms with E-state index in [0.29, 0.717) is 26.9 Å². The number of hydrogen-bond donors (Lipinski definition) is 1. The summed E-state index contributed by atoms with van der Waals surface area (Å²) in [6.07, 6.45) is 2.22. The van der Waals surface area contributed by atoms with E-state index in [1.165, 1.54) is 18.2 Å². The second kappa shape index (κ2) is 8.90. The van der Waals surface area contributed by atoms with Gasteiger partial charge >= 0.3 is 0 Å². The van der Waals surface area contributed by atoms with Gasteiger partial charge in [0.05, 0.1) is 27.0 Å². The van der Waals surface area contributed by atoms with Crippen molar-refractivity contribution in [3.8, 4) is 0 Å². The molecule has 0 radical (unpaired) electrons. The predicted octanol–water partition coefficient (Wildman–Crippen LogP) is 5.93. The van der Waals surface area contributed by atoms with Crippen LogP contribution in [0.5, 0.6) is 0 Å². The molecule has 0 atom stereocenters. The lowest BCUT2D eigenvalue weighted by Crippen LogP contribution is -2.22. The fourth-order valence-corrected chi connectivity index (χ4v) is 4.65. The van der Waals surface area contributed by atoms with Crippen LogP contribution in [0.15, 0.2) is 87.8 Å². The van der Waals surface area contributed by atoms with Crippen LogP contribution in [-0.4, -0.2) is 19.9 Å². The Kier molecular flexibility index (Phi) is 6.20. The van der Waals surface area contributed by atoms with Gasteiger partial charge in [0.15, 0.2) is 0 Å². The van der Waals surface area contributed by atoms with Gasteiger partial charge in [0, 0.05) is 16.1 Å². The Morgan fingerprint density at radius 1 is 0.938 bits per heavy atom. The molecule has 0 saturated carbocycles. The van der Waals surface area contributed by atoms with Crippen molar-refractivity contribution in [2.45, 2.75) is 18.2 Å². The zero-order valence-corrected chi connectivity index (χ0v) is 19.3. The van der Waals surface area contributed by atoms with Gasteiger partial charge in [-0.1, -0.05) is 66.5 Å². The van der Waals surface area contributed by atoms with E-state index in [2.05, 4.69) is 9.71 Å². The zero-order chi connectivity index (χ0) is 22.9. The number of carbonyl (C=O) groups is 1. The highest BCUT2D eigenvalue weighted by Crippen LogP contribution is 2.30. The van der Waals surface area contributed by atoms with Crippen LogP contribution in [0.2, 0.25) is 10.0 Å². The van der Waals surface area contributed by atoms with E-state index in [1.54, 1.807) is 54.6 Å². The lowest BCUT2D eigenvalue weighted by atomic mass is 9.92. The summed E-state index contributed by atoms with van der Waals surface area (Å²) in [7, 11) is -4.00. The third-order valence-corrected chi connectivity index (χ3v) is 6.89. The van der Waals surface area contributed by atoms with Crippen molar-refractivity contribution in [1.82, 2.24) is 0 Å². The largest absolute Gasteiger partial charge is 0.351 e. The van der Waals surface area contributed by atoms with Crippen molar-refractivity contribution < 1.29 is 13.2 Å². The zero-order valence-electron chi connectivity index (χ0n) is 17.0. The highest BCUT2D eigenvalue weighted by molar-refractivity contribution is 7.90. The summed E-state index contributed by atoms with van der Waals surface area (Å²) in [5, 5.41) is 3.77. The van der Waals surface area contributed by atoms with Crippen LogP contribution in [-0.2, 0) is 16.4 Å². The van der Waals surface area contributed by atoms with Crippen molar-refractivity contribution in [2.75, 3.05) is 5.32 Å². The van der Waals surface area contributed by atoms with E-state index >= 15 is 0 Å². The van der Waals surface area contributed by atoms with Gasteiger partial charge in [0.25, 0.3) is 10.0 Å². The quantitative estimate of drug-likeness (QED) is 0.487. The molecule has 8 heteroatoms. The minimum Gasteiger partial charge on any atom is -0.351 e. The minimum absolute atomic E-state index is 0.0809. The lowest BCUT2D eigenvalue weighted by molar-refractivity contribution is 0.103. The van der Waals surface area contributed by atoms with Gasteiger partial charge in [0.2, 0.25) is 5.78 Å². The normalized spacial score (nSPS) is 14.8. The Balaban J connectivity index is 1.81. The molecule has 4 rings (SSSR count).